The van der Waals surface area contributed by atoms with Gasteiger partial charge < -0.3 is 19.7 Å². The number of ether oxygens (including phenoxy) is 2. The molecule has 1 aromatic rings. The quantitative estimate of drug-likeness (QED) is 0.556. The van der Waals surface area contributed by atoms with E-state index in [2.05, 4.69) is 31.0 Å². The molecular formula is C23H38N2O3. The zero-order valence-corrected chi connectivity index (χ0v) is 18.1. The highest BCUT2D eigenvalue weighted by atomic mass is 16.5. The smallest absolute Gasteiger partial charge is 0.256 e. The molecule has 0 aliphatic heterocycles. The van der Waals surface area contributed by atoms with Crippen molar-refractivity contribution in [3.8, 4) is 5.75 Å². The minimum absolute atomic E-state index is 0.0196. The molecule has 1 fully saturated rings. The molecule has 5 heteroatoms. The maximum atomic E-state index is 13.0. The third-order valence-electron chi connectivity index (χ3n) is 5.68. The highest BCUT2D eigenvalue weighted by Gasteiger charge is 2.42. The summed E-state index contributed by atoms with van der Waals surface area (Å²) in [4.78, 5) is 15.4. The average Bonchev–Trinajstić information content (AvgIpc) is 2.69. The highest BCUT2D eigenvalue weighted by molar-refractivity contribution is 5.97. The first-order chi connectivity index (χ1) is 13.5. The molecule has 2 rings (SSSR count). The number of amides is 1. The van der Waals surface area contributed by atoms with Crippen LogP contribution >= 0.6 is 0 Å². The Morgan fingerprint density at radius 3 is 2.54 bits per heavy atom. The van der Waals surface area contributed by atoms with Crippen LogP contribution in [0.1, 0.15) is 59.8 Å². The molecule has 0 bridgehead atoms. The first-order valence-electron chi connectivity index (χ1n) is 10.9. The third kappa shape index (κ3) is 6.49. The second-order valence-electron chi connectivity index (χ2n) is 7.84. The molecule has 1 aliphatic rings. The van der Waals surface area contributed by atoms with Gasteiger partial charge in [0.05, 0.1) is 6.61 Å². The average molecular weight is 391 g/mol. The fourth-order valence-corrected chi connectivity index (χ4v) is 4.08. The van der Waals surface area contributed by atoms with Gasteiger partial charge >= 0.3 is 0 Å². The van der Waals surface area contributed by atoms with Crippen LogP contribution in [0.15, 0.2) is 24.3 Å². The lowest BCUT2D eigenvalue weighted by atomic mass is 9.78. The molecule has 28 heavy (non-hydrogen) atoms. The zero-order chi connectivity index (χ0) is 20.4. The summed E-state index contributed by atoms with van der Waals surface area (Å²) in [6.45, 7) is 13.0. The minimum Gasteiger partial charge on any atom is -0.494 e. The van der Waals surface area contributed by atoms with Crippen molar-refractivity contribution in [1.29, 1.82) is 0 Å². The van der Waals surface area contributed by atoms with E-state index >= 15 is 0 Å². The van der Waals surface area contributed by atoms with Gasteiger partial charge in [0.2, 0.25) is 0 Å². The van der Waals surface area contributed by atoms with Crippen LogP contribution in [0.3, 0.4) is 0 Å². The number of nitrogens with one attached hydrogen (secondary N) is 1. The first kappa shape index (κ1) is 22.7. The predicted octanol–water partition coefficient (Wildman–Crippen LogP) is 4.72. The van der Waals surface area contributed by atoms with Gasteiger partial charge in [-0.2, -0.15) is 0 Å². The Morgan fingerprint density at radius 2 is 1.93 bits per heavy atom. The monoisotopic (exact) mass is 390 g/mol. The van der Waals surface area contributed by atoms with E-state index in [1.54, 1.807) is 0 Å². The van der Waals surface area contributed by atoms with Crippen molar-refractivity contribution in [3.63, 3.8) is 0 Å². The molecular weight excluding hydrogens is 352 g/mol. The number of carbonyl (C=O) groups is 1. The van der Waals surface area contributed by atoms with E-state index in [0.29, 0.717) is 19.1 Å². The van der Waals surface area contributed by atoms with Crippen LogP contribution in [0.4, 0.5) is 5.69 Å². The Morgan fingerprint density at radius 1 is 1.21 bits per heavy atom. The maximum Gasteiger partial charge on any atom is 0.256 e. The van der Waals surface area contributed by atoms with Crippen molar-refractivity contribution in [3.05, 3.63) is 24.3 Å². The number of anilines is 1. The predicted molar refractivity (Wildman–Crippen MR) is 115 cm³/mol. The number of nitrogens with zero attached hydrogens (tertiary/aromatic N) is 1. The number of hydrogen-bond acceptors (Lipinski definition) is 4. The molecule has 1 saturated carbocycles. The summed E-state index contributed by atoms with van der Waals surface area (Å²) < 4.78 is 11.8. The van der Waals surface area contributed by atoms with E-state index < -0.39 is 5.60 Å². The van der Waals surface area contributed by atoms with Crippen LogP contribution in [0.2, 0.25) is 0 Å². The van der Waals surface area contributed by atoms with E-state index in [1.165, 1.54) is 6.42 Å². The summed E-state index contributed by atoms with van der Waals surface area (Å²) >= 11 is 0. The lowest BCUT2D eigenvalue weighted by Gasteiger charge is -2.38. The van der Waals surface area contributed by atoms with Crippen molar-refractivity contribution in [2.24, 2.45) is 5.92 Å². The SMILES string of the molecule is CCO[C@@]1(C(=O)Nc2ccc(OCCCN(CC)CC)cc2)CCC[C@@H](C)C1. The van der Waals surface area contributed by atoms with Gasteiger partial charge in [-0.1, -0.05) is 27.2 Å². The number of rotatable bonds is 11. The molecule has 5 nitrogen and oxygen atoms in total. The summed E-state index contributed by atoms with van der Waals surface area (Å²) in [6.07, 6.45) is 4.80. The molecule has 0 radical (unpaired) electrons. The van der Waals surface area contributed by atoms with E-state index in [0.717, 1.165) is 56.8 Å². The summed E-state index contributed by atoms with van der Waals surface area (Å²) in [5.74, 6) is 1.33. The second-order valence-corrected chi connectivity index (χ2v) is 7.84. The summed E-state index contributed by atoms with van der Waals surface area (Å²) in [5, 5.41) is 3.06. The van der Waals surface area contributed by atoms with Gasteiger partial charge in [0, 0.05) is 18.8 Å². The van der Waals surface area contributed by atoms with E-state index in [4.69, 9.17) is 9.47 Å². The summed E-state index contributed by atoms with van der Waals surface area (Å²) in [6, 6.07) is 7.65. The van der Waals surface area contributed by atoms with Crippen LogP contribution in [0.5, 0.6) is 5.75 Å². The molecule has 0 unspecified atom stereocenters. The third-order valence-corrected chi connectivity index (χ3v) is 5.68. The Hall–Kier alpha value is -1.59. The Balaban J connectivity index is 1.86. The number of hydrogen-bond donors (Lipinski definition) is 1. The normalized spacial score (nSPS) is 22.2. The van der Waals surface area contributed by atoms with Gasteiger partial charge in [-0.3, -0.25) is 4.79 Å². The number of carbonyl (C=O) groups excluding carboxylic acids is 1. The lowest BCUT2D eigenvalue weighted by molar-refractivity contribution is -0.147. The van der Waals surface area contributed by atoms with Gasteiger partial charge in [0.15, 0.2) is 0 Å². The van der Waals surface area contributed by atoms with Crippen molar-refractivity contribution >= 4 is 11.6 Å². The molecule has 1 N–H and O–H groups in total. The standard InChI is InChI=1S/C23H38N2O3/c1-5-25(6-2)16-9-17-27-21-13-11-20(12-14-21)24-22(26)23(28-7-3)15-8-10-19(4)18-23/h11-14,19H,5-10,15-18H2,1-4H3,(H,24,26)/t19-,23+/m1/s1. The molecule has 158 valence electrons. The van der Waals surface area contributed by atoms with E-state index in [-0.39, 0.29) is 5.91 Å². The molecule has 1 aromatic carbocycles. The van der Waals surface area contributed by atoms with Crippen LogP contribution in [0, 0.1) is 5.92 Å². The van der Waals surface area contributed by atoms with E-state index in [1.807, 2.05) is 31.2 Å². The molecule has 1 amide bonds. The molecule has 0 saturated heterocycles. The molecule has 0 aromatic heterocycles. The van der Waals surface area contributed by atoms with Gasteiger partial charge in [0.25, 0.3) is 5.91 Å². The van der Waals surface area contributed by atoms with Gasteiger partial charge in [-0.15, -0.1) is 0 Å². The van der Waals surface area contributed by atoms with E-state index in [9.17, 15) is 4.79 Å². The van der Waals surface area contributed by atoms with Gasteiger partial charge in [-0.05, 0) is 75.9 Å². The zero-order valence-electron chi connectivity index (χ0n) is 18.1. The van der Waals surface area contributed by atoms with Gasteiger partial charge in [0.1, 0.15) is 11.4 Å². The lowest BCUT2D eigenvalue weighted by Crippen LogP contribution is -2.48. The largest absolute Gasteiger partial charge is 0.494 e. The number of benzene rings is 1. The van der Waals surface area contributed by atoms with Crippen LogP contribution in [-0.4, -0.2) is 49.3 Å². The second kappa shape index (κ2) is 11.4. The van der Waals surface area contributed by atoms with Crippen molar-refractivity contribution < 1.29 is 14.3 Å². The Labute approximate surface area is 170 Å². The Kier molecular flexibility index (Phi) is 9.26. The van der Waals surface area contributed by atoms with Crippen molar-refractivity contribution in [2.75, 3.05) is 38.2 Å². The van der Waals surface area contributed by atoms with Crippen LogP contribution in [0.25, 0.3) is 0 Å². The Bertz CT molecular complexity index is 582. The minimum atomic E-state index is -0.688. The highest BCUT2D eigenvalue weighted by Crippen LogP contribution is 2.36. The summed E-state index contributed by atoms with van der Waals surface area (Å²) in [5.41, 5.74) is 0.101. The molecule has 0 spiro atoms. The van der Waals surface area contributed by atoms with Crippen molar-refractivity contribution in [1.82, 2.24) is 4.90 Å². The maximum absolute atomic E-state index is 13.0. The molecule has 0 heterocycles. The topological polar surface area (TPSA) is 50.8 Å². The fourth-order valence-electron chi connectivity index (χ4n) is 4.08. The van der Waals surface area contributed by atoms with Gasteiger partial charge in [-0.25, -0.2) is 0 Å². The summed E-state index contributed by atoms with van der Waals surface area (Å²) in [7, 11) is 0. The fraction of sp³-hybridized carbons (Fsp3) is 0.696. The molecule has 2 atom stereocenters. The van der Waals surface area contributed by atoms with Crippen LogP contribution < -0.4 is 10.1 Å². The van der Waals surface area contributed by atoms with Crippen LogP contribution in [-0.2, 0) is 9.53 Å². The first-order valence-corrected chi connectivity index (χ1v) is 10.9. The molecule has 1 aliphatic carbocycles. The van der Waals surface area contributed by atoms with Crippen molar-refractivity contribution in [2.45, 2.75) is 65.4 Å².